The molecular formula is C17H21NO2. The molecule has 1 rings (SSSR count). The molecule has 0 heterocycles. The number of carbonyl (C=O) groups is 1. The quantitative estimate of drug-likeness (QED) is 0.577. The molecular weight excluding hydrogens is 250 g/mol. The first-order valence-corrected chi connectivity index (χ1v) is 6.63. The maximum Gasteiger partial charge on any atom is 0.282 e. The molecule has 0 unspecified atom stereocenters. The molecule has 0 aliphatic carbocycles. The van der Waals surface area contributed by atoms with E-state index < -0.39 is 0 Å². The third-order valence-electron chi connectivity index (χ3n) is 2.67. The van der Waals surface area contributed by atoms with Crippen LogP contribution < -0.4 is 0 Å². The van der Waals surface area contributed by atoms with Crippen molar-refractivity contribution in [1.29, 1.82) is 0 Å². The molecule has 3 nitrogen and oxygen atoms in total. The van der Waals surface area contributed by atoms with E-state index in [1.165, 1.54) is 5.06 Å². The SMILES string of the molecule is C=C(/C=C\C=C/C)N(OCC)C(=O)c1ccccc1C. The van der Waals surface area contributed by atoms with Gasteiger partial charge in [0.05, 0.1) is 12.3 Å². The van der Waals surface area contributed by atoms with Gasteiger partial charge in [0, 0.05) is 5.56 Å². The Morgan fingerprint density at radius 1 is 1.35 bits per heavy atom. The van der Waals surface area contributed by atoms with Crippen molar-refractivity contribution in [2.75, 3.05) is 6.61 Å². The van der Waals surface area contributed by atoms with E-state index in [4.69, 9.17) is 4.84 Å². The van der Waals surface area contributed by atoms with Crippen LogP contribution in [-0.2, 0) is 4.84 Å². The van der Waals surface area contributed by atoms with E-state index in [-0.39, 0.29) is 5.91 Å². The Kier molecular flexibility index (Phi) is 6.47. The Bertz CT molecular complexity index is 530. The van der Waals surface area contributed by atoms with E-state index in [2.05, 4.69) is 6.58 Å². The molecule has 1 amide bonds. The molecule has 0 bridgehead atoms. The average molecular weight is 271 g/mol. The molecule has 0 aromatic heterocycles. The third kappa shape index (κ3) is 4.21. The summed E-state index contributed by atoms with van der Waals surface area (Å²) in [6, 6.07) is 7.42. The van der Waals surface area contributed by atoms with Crippen molar-refractivity contribution in [3.8, 4) is 0 Å². The predicted octanol–water partition coefficient (Wildman–Crippen LogP) is 4.03. The summed E-state index contributed by atoms with van der Waals surface area (Å²) in [6.07, 6.45) is 7.33. The van der Waals surface area contributed by atoms with E-state index in [0.717, 1.165) is 5.56 Å². The summed E-state index contributed by atoms with van der Waals surface area (Å²) in [5.74, 6) is -0.208. The minimum Gasteiger partial charge on any atom is -0.266 e. The molecule has 0 spiro atoms. The molecule has 20 heavy (non-hydrogen) atoms. The molecule has 0 radical (unpaired) electrons. The Balaban J connectivity index is 2.99. The molecule has 0 aliphatic heterocycles. The van der Waals surface area contributed by atoms with Gasteiger partial charge in [0.2, 0.25) is 0 Å². The van der Waals surface area contributed by atoms with E-state index in [1.807, 2.05) is 57.2 Å². The minimum absolute atomic E-state index is 0.208. The second kappa shape index (κ2) is 8.12. The average Bonchev–Trinajstić information content (AvgIpc) is 2.44. The molecule has 1 aromatic rings. The lowest BCUT2D eigenvalue weighted by atomic mass is 10.1. The Hall–Kier alpha value is -2.13. The van der Waals surface area contributed by atoms with E-state index in [9.17, 15) is 4.79 Å². The summed E-state index contributed by atoms with van der Waals surface area (Å²) >= 11 is 0. The van der Waals surface area contributed by atoms with Crippen LogP contribution in [0.3, 0.4) is 0 Å². The Morgan fingerprint density at radius 3 is 2.65 bits per heavy atom. The number of carbonyl (C=O) groups excluding carboxylic acids is 1. The van der Waals surface area contributed by atoms with Crippen molar-refractivity contribution >= 4 is 5.91 Å². The van der Waals surface area contributed by atoms with Crippen molar-refractivity contribution in [2.24, 2.45) is 0 Å². The number of allylic oxidation sites excluding steroid dienone is 4. The minimum atomic E-state index is -0.208. The van der Waals surface area contributed by atoms with Gasteiger partial charge < -0.3 is 0 Å². The highest BCUT2D eigenvalue weighted by Gasteiger charge is 2.19. The largest absolute Gasteiger partial charge is 0.282 e. The fourth-order valence-corrected chi connectivity index (χ4v) is 1.67. The lowest BCUT2D eigenvalue weighted by Gasteiger charge is -2.22. The predicted molar refractivity (Wildman–Crippen MR) is 82.1 cm³/mol. The Morgan fingerprint density at radius 2 is 2.05 bits per heavy atom. The molecule has 0 saturated heterocycles. The molecule has 0 saturated carbocycles. The van der Waals surface area contributed by atoms with Crippen LogP contribution >= 0.6 is 0 Å². The van der Waals surface area contributed by atoms with Gasteiger partial charge >= 0.3 is 0 Å². The van der Waals surface area contributed by atoms with Gasteiger partial charge in [-0.2, -0.15) is 5.06 Å². The zero-order valence-corrected chi connectivity index (χ0v) is 12.3. The van der Waals surface area contributed by atoms with Crippen LogP contribution in [0.4, 0.5) is 0 Å². The summed E-state index contributed by atoms with van der Waals surface area (Å²) in [4.78, 5) is 17.9. The number of hydrogen-bond donors (Lipinski definition) is 0. The van der Waals surface area contributed by atoms with Gasteiger partial charge in [-0.05, 0) is 38.5 Å². The number of hydroxylamine groups is 2. The van der Waals surface area contributed by atoms with E-state index in [1.54, 1.807) is 12.1 Å². The van der Waals surface area contributed by atoms with Crippen LogP contribution in [0.25, 0.3) is 0 Å². The highest BCUT2D eigenvalue weighted by molar-refractivity contribution is 5.96. The highest BCUT2D eigenvalue weighted by Crippen LogP contribution is 2.15. The van der Waals surface area contributed by atoms with Gasteiger partial charge in [-0.1, -0.05) is 43.0 Å². The van der Waals surface area contributed by atoms with E-state index >= 15 is 0 Å². The number of benzene rings is 1. The van der Waals surface area contributed by atoms with Gasteiger partial charge in [-0.25, -0.2) is 0 Å². The van der Waals surface area contributed by atoms with Crippen LogP contribution in [0.15, 0.2) is 60.8 Å². The number of aryl methyl sites for hydroxylation is 1. The molecule has 1 aromatic carbocycles. The van der Waals surface area contributed by atoms with Crippen molar-refractivity contribution in [3.05, 3.63) is 72.0 Å². The topological polar surface area (TPSA) is 29.5 Å². The first kappa shape index (κ1) is 15.9. The molecule has 0 N–H and O–H groups in total. The zero-order chi connectivity index (χ0) is 15.0. The van der Waals surface area contributed by atoms with Crippen molar-refractivity contribution in [1.82, 2.24) is 5.06 Å². The summed E-state index contributed by atoms with van der Waals surface area (Å²) < 4.78 is 0. The second-order valence-electron chi connectivity index (χ2n) is 4.21. The Labute approximate surface area is 120 Å². The summed E-state index contributed by atoms with van der Waals surface area (Å²) in [7, 11) is 0. The van der Waals surface area contributed by atoms with Crippen LogP contribution in [0.5, 0.6) is 0 Å². The standard InChI is InChI=1S/C17H21NO2/c1-5-7-8-12-15(4)18(20-6-2)17(19)16-13-10-9-11-14(16)3/h5,7-13H,4,6H2,1-3H3/b7-5-,12-8-. The van der Waals surface area contributed by atoms with Gasteiger partial charge in [-0.15, -0.1) is 0 Å². The monoisotopic (exact) mass is 271 g/mol. The van der Waals surface area contributed by atoms with Gasteiger partial charge in [0.1, 0.15) is 0 Å². The number of rotatable bonds is 6. The van der Waals surface area contributed by atoms with Crippen LogP contribution in [0.2, 0.25) is 0 Å². The van der Waals surface area contributed by atoms with E-state index in [0.29, 0.717) is 17.9 Å². The normalized spacial score (nSPS) is 11.2. The molecule has 3 heteroatoms. The molecule has 0 aliphatic rings. The van der Waals surface area contributed by atoms with Gasteiger partial charge in [-0.3, -0.25) is 9.63 Å². The fraction of sp³-hybridized carbons (Fsp3) is 0.235. The van der Waals surface area contributed by atoms with Crippen molar-refractivity contribution in [3.63, 3.8) is 0 Å². The molecule has 106 valence electrons. The van der Waals surface area contributed by atoms with Crippen molar-refractivity contribution in [2.45, 2.75) is 20.8 Å². The zero-order valence-electron chi connectivity index (χ0n) is 12.3. The van der Waals surface area contributed by atoms with Crippen LogP contribution in [0.1, 0.15) is 29.8 Å². The lowest BCUT2D eigenvalue weighted by Crippen LogP contribution is -2.30. The summed E-state index contributed by atoms with van der Waals surface area (Å²) in [5.41, 5.74) is 2.02. The fourth-order valence-electron chi connectivity index (χ4n) is 1.67. The van der Waals surface area contributed by atoms with Crippen LogP contribution in [0, 0.1) is 6.92 Å². The number of hydrogen-bond acceptors (Lipinski definition) is 2. The summed E-state index contributed by atoms with van der Waals surface area (Å²) in [5, 5.41) is 1.24. The first-order valence-electron chi connectivity index (χ1n) is 6.63. The molecule has 0 fully saturated rings. The number of amides is 1. The second-order valence-corrected chi connectivity index (χ2v) is 4.21. The summed E-state index contributed by atoms with van der Waals surface area (Å²) in [6.45, 7) is 9.93. The molecule has 0 atom stereocenters. The van der Waals surface area contributed by atoms with Gasteiger partial charge in [0.15, 0.2) is 0 Å². The maximum atomic E-state index is 12.5. The first-order chi connectivity index (χ1) is 9.61. The smallest absolute Gasteiger partial charge is 0.266 e. The van der Waals surface area contributed by atoms with Crippen molar-refractivity contribution < 1.29 is 9.63 Å². The van der Waals surface area contributed by atoms with Gasteiger partial charge in [0.25, 0.3) is 5.91 Å². The van der Waals surface area contributed by atoms with Crippen LogP contribution in [-0.4, -0.2) is 17.6 Å². The maximum absolute atomic E-state index is 12.5. The number of nitrogens with zero attached hydrogens (tertiary/aromatic N) is 1. The highest BCUT2D eigenvalue weighted by atomic mass is 16.7. The lowest BCUT2D eigenvalue weighted by molar-refractivity contribution is -0.0901. The third-order valence-corrected chi connectivity index (χ3v) is 2.67.